The van der Waals surface area contributed by atoms with Crippen LogP contribution in [0.25, 0.3) is 0 Å². The number of allylic oxidation sites excluding steroid dienone is 6. The molecule has 0 aromatic heterocycles. The molecule has 0 unspecified atom stereocenters. The van der Waals surface area contributed by atoms with E-state index in [0.29, 0.717) is 6.61 Å². The van der Waals surface area contributed by atoms with Gasteiger partial charge < -0.3 is 9.47 Å². The molecular weight excluding hydrogens is 380 g/mol. The Balaban J connectivity index is 0.000000662. The zero-order chi connectivity index (χ0) is 21.4. The SMILES string of the molecule is CC=C(C=C(COc1ccccc1)C(C)(C)C)OC.C[C](C)=[Ti+].[C-]1=CC=CC1. The fourth-order valence-corrected chi connectivity index (χ4v) is 1.92. The maximum atomic E-state index is 5.83. The molecule has 0 spiro atoms. The van der Waals surface area contributed by atoms with Crippen LogP contribution in [0.5, 0.6) is 5.75 Å². The summed E-state index contributed by atoms with van der Waals surface area (Å²) in [5.74, 6) is 1.75. The first kappa shape index (κ1) is 26.4. The Morgan fingerprint density at radius 2 is 1.79 bits per heavy atom. The molecule has 1 aliphatic rings. The predicted octanol–water partition coefficient (Wildman–Crippen LogP) is 6.64. The third-order valence-electron chi connectivity index (χ3n) is 3.52. The van der Waals surface area contributed by atoms with Gasteiger partial charge in [-0.3, -0.25) is 6.08 Å². The van der Waals surface area contributed by atoms with E-state index >= 15 is 0 Å². The minimum atomic E-state index is 0.0432. The molecule has 0 amide bonds. The summed E-state index contributed by atoms with van der Waals surface area (Å²) >= 11 is 2.08. The van der Waals surface area contributed by atoms with E-state index in [1.165, 1.54) is 9.38 Å². The number of para-hydroxylation sites is 1. The molecule has 0 bridgehead atoms. The molecule has 0 fully saturated rings. The molecule has 28 heavy (non-hydrogen) atoms. The third-order valence-corrected chi connectivity index (χ3v) is 3.52. The largest absolute Gasteiger partial charge is 0.273 e. The molecule has 3 heteroatoms. The first-order valence-corrected chi connectivity index (χ1v) is 10.3. The summed E-state index contributed by atoms with van der Waals surface area (Å²) in [6.45, 7) is 13.2. The van der Waals surface area contributed by atoms with Crippen molar-refractivity contribution in [2.45, 2.75) is 48.0 Å². The van der Waals surface area contributed by atoms with Gasteiger partial charge in [0.25, 0.3) is 0 Å². The van der Waals surface area contributed by atoms with Crippen LogP contribution in [0.2, 0.25) is 0 Å². The number of methoxy groups -OCH3 is 1. The zero-order valence-electron chi connectivity index (χ0n) is 18.5. The summed E-state index contributed by atoms with van der Waals surface area (Å²) in [6.07, 6.45) is 14.0. The molecule has 0 heterocycles. The molecule has 2 rings (SSSR count). The molecule has 1 aromatic rings. The molecule has 1 aliphatic carbocycles. The van der Waals surface area contributed by atoms with E-state index in [1.54, 1.807) is 7.11 Å². The van der Waals surface area contributed by atoms with E-state index in [2.05, 4.69) is 72.8 Å². The van der Waals surface area contributed by atoms with Crippen molar-refractivity contribution < 1.29 is 29.4 Å². The van der Waals surface area contributed by atoms with Gasteiger partial charge in [-0.15, -0.1) is 6.42 Å². The number of hydrogen-bond donors (Lipinski definition) is 0. The van der Waals surface area contributed by atoms with Crippen LogP contribution in [-0.2, 0) is 24.7 Å². The van der Waals surface area contributed by atoms with E-state index in [1.807, 2.05) is 55.5 Å². The number of rotatable bonds is 5. The van der Waals surface area contributed by atoms with Gasteiger partial charge in [-0.25, -0.2) is 12.2 Å². The molecule has 0 N–H and O–H groups in total. The van der Waals surface area contributed by atoms with Crippen molar-refractivity contribution >= 4 is 3.81 Å². The van der Waals surface area contributed by atoms with Gasteiger partial charge in [0.05, 0.1) is 7.11 Å². The normalized spacial score (nSPS) is 13.2. The summed E-state index contributed by atoms with van der Waals surface area (Å²) in [5, 5.41) is 0. The van der Waals surface area contributed by atoms with Crippen LogP contribution in [0.1, 0.15) is 48.0 Å². The molecular formula is C25H35O2Ti. The molecule has 0 saturated heterocycles. The monoisotopic (exact) mass is 415 g/mol. The van der Waals surface area contributed by atoms with Gasteiger partial charge in [0.1, 0.15) is 18.1 Å². The van der Waals surface area contributed by atoms with Crippen LogP contribution in [0, 0.1) is 11.5 Å². The van der Waals surface area contributed by atoms with Crippen molar-refractivity contribution in [3.63, 3.8) is 0 Å². The van der Waals surface area contributed by atoms with Crippen LogP contribution in [0.3, 0.4) is 0 Å². The maximum Gasteiger partial charge on any atom is -0.109 e. The van der Waals surface area contributed by atoms with Gasteiger partial charge in [-0.2, -0.15) is 6.08 Å². The quantitative estimate of drug-likeness (QED) is 0.232. The average molecular weight is 415 g/mol. The Bertz CT molecular complexity index is 660. The molecule has 2 nitrogen and oxygen atoms in total. The van der Waals surface area contributed by atoms with Crippen molar-refractivity contribution in [3.05, 3.63) is 78.1 Å². The van der Waals surface area contributed by atoms with E-state index in [4.69, 9.17) is 9.47 Å². The second kappa shape index (κ2) is 15.3. The molecule has 0 saturated carbocycles. The zero-order valence-corrected chi connectivity index (χ0v) is 20.1. The predicted molar refractivity (Wildman–Crippen MR) is 118 cm³/mol. The molecule has 0 atom stereocenters. The van der Waals surface area contributed by atoms with Gasteiger partial charge in [0.2, 0.25) is 0 Å². The number of benzene rings is 1. The van der Waals surface area contributed by atoms with E-state index in [9.17, 15) is 0 Å². The topological polar surface area (TPSA) is 18.5 Å². The summed E-state index contributed by atoms with van der Waals surface area (Å²) in [6, 6.07) is 9.86. The summed E-state index contributed by atoms with van der Waals surface area (Å²) in [4.78, 5) is 0. The van der Waals surface area contributed by atoms with Crippen LogP contribution < -0.4 is 4.74 Å². The fraction of sp³-hybridized carbons (Fsp3) is 0.400. The Labute approximate surface area is 183 Å². The van der Waals surface area contributed by atoms with E-state index < -0.39 is 0 Å². The van der Waals surface area contributed by atoms with E-state index in [-0.39, 0.29) is 5.41 Å². The van der Waals surface area contributed by atoms with Gasteiger partial charge in [-0.1, -0.05) is 39.0 Å². The second-order valence-corrected chi connectivity index (χ2v) is 8.98. The number of ether oxygens (including phenoxy) is 2. The Kier molecular flexibility index (Phi) is 14.4. The summed E-state index contributed by atoms with van der Waals surface area (Å²) < 4.78 is 12.6. The molecule has 151 valence electrons. The van der Waals surface area contributed by atoms with Crippen molar-refractivity contribution in [2.75, 3.05) is 13.7 Å². The van der Waals surface area contributed by atoms with Gasteiger partial charge >= 0.3 is 37.6 Å². The third kappa shape index (κ3) is 14.4. The Morgan fingerprint density at radius 3 is 2.14 bits per heavy atom. The van der Waals surface area contributed by atoms with Crippen molar-refractivity contribution in [3.8, 4) is 5.75 Å². The van der Waals surface area contributed by atoms with Crippen LogP contribution in [-0.4, -0.2) is 17.5 Å². The van der Waals surface area contributed by atoms with Crippen molar-refractivity contribution in [1.82, 2.24) is 0 Å². The van der Waals surface area contributed by atoms with Gasteiger partial charge in [0.15, 0.2) is 0 Å². The summed E-state index contributed by atoms with van der Waals surface area (Å²) in [7, 11) is 1.68. The fourth-order valence-electron chi connectivity index (χ4n) is 1.92. The maximum absolute atomic E-state index is 5.83. The summed E-state index contributed by atoms with van der Waals surface area (Å²) in [5.41, 5.74) is 1.24. The minimum Gasteiger partial charge on any atom is -0.273 e. The van der Waals surface area contributed by atoms with Crippen molar-refractivity contribution in [2.24, 2.45) is 5.41 Å². The van der Waals surface area contributed by atoms with Gasteiger partial charge in [0, 0.05) is 0 Å². The molecule has 0 radical (unpaired) electrons. The first-order valence-electron chi connectivity index (χ1n) is 9.53. The number of hydrogen-bond acceptors (Lipinski definition) is 2. The first-order chi connectivity index (χ1) is 13.2. The Hall–Kier alpha value is -1.64. The van der Waals surface area contributed by atoms with E-state index in [0.717, 1.165) is 17.9 Å². The van der Waals surface area contributed by atoms with Crippen molar-refractivity contribution in [1.29, 1.82) is 0 Å². The van der Waals surface area contributed by atoms with Crippen LogP contribution in [0.15, 0.2) is 72.0 Å². The average Bonchev–Trinajstić information content (AvgIpc) is 3.21. The smallest absolute Gasteiger partial charge is 0.109 e. The molecule has 1 aromatic carbocycles. The minimum absolute atomic E-state index is 0.0432. The van der Waals surface area contributed by atoms with Crippen LogP contribution >= 0.6 is 0 Å². The van der Waals surface area contributed by atoms with Crippen LogP contribution in [0.4, 0.5) is 0 Å². The van der Waals surface area contributed by atoms with Gasteiger partial charge in [-0.05, 0) is 42.2 Å². The standard InChI is InChI=1S/C17H24O2.C5H5.C3H6.Ti/c1-6-15(18-5)12-14(17(2,3)4)13-19-16-10-8-7-9-11-16;1-2-4-5-3-1;1-3-2;/h6-12H,13H2,1-5H3;1-3H,4H2;1-2H3;/q;-1;;+1. The molecule has 0 aliphatic heterocycles. The second-order valence-electron chi connectivity index (χ2n) is 7.42. The Morgan fingerprint density at radius 1 is 1.18 bits per heavy atom.